The fourth-order valence-corrected chi connectivity index (χ4v) is 3.38. The molecule has 0 saturated carbocycles. The summed E-state index contributed by atoms with van der Waals surface area (Å²) in [7, 11) is 0. The Morgan fingerprint density at radius 1 is 1.61 bits per heavy atom. The molecule has 0 aliphatic heterocycles. The van der Waals surface area contributed by atoms with Gasteiger partial charge in [-0.15, -0.1) is 11.3 Å². The van der Waals surface area contributed by atoms with E-state index in [1.807, 2.05) is 0 Å². The molecule has 2 aromatic heterocycles. The number of aromatic nitrogens is 2. The van der Waals surface area contributed by atoms with Crippen molar-refractivity contribution in [2.24, 2.45) is 0 Å². The van der Waals surface area contributed by atoms with Gasteiger partial charge in [0.2, 0.25) is 0 Å². The summed E-state index contributed by atoms with van der Waals surface area (Å²) in [4.78, 5) is 18.8. The summed E-state index contributed by atoms with van der Waals surface area (Å²) in [6.45, 7) is 1.58. The Kier molecular flexibility index (Phi) is 3.90. The van der Waals surface area contributed by atoms with Crippen molar-refractivity contribution >= 4 is 28.8 Å². The third-order valence-electron chi connectivity index (χ3n) is 2.06. The maximum Gasteiger partial charge on any atom is 0.294 e. The van der Waals surface area contributed by atoms with Gasteiger partial charge in [-0.05, 0) is 13.0 Å². The molecule has 0 spiro atoms. The largest absolute Gasteiger partial charge is 0.388 e. The first-order chi connectivity index (χ1) is 8.58. The van der Waals surface area contributed by atoms with Crippen molar-refractivity contribution in [2.45, 2.75) is 22.3 Å². The normalized spacial score (nSPS) is 12.3. The minimum Gasteiger partial charge on any atom is -0.388 e. The number of aliphatic hydroxyl groups is 1. The predicted molar refractivity (Wildman–Crippen MR) is 67.8 cm³/mol. The summed E-state index contributed by atoms with van der Waals surface area (Å²) < 4.78 is 0.509. The Labute approximate surface area is 111 Å². The molecule has 0 amide bonds. The van der Waals surface area contributed by atoms with Gasteiger partial charge in [-0.1, -0.05) is 11.8 Å². The first-order valence-corrected chi connectivity index (χ1v) is 6.61. The van der Waals surface area contributed by atoms with Gasteiger partial charge in [0.15, 0.2) is 0 Å². The summed E-state index contributed by atoms with van der Waals surface area (Å²) in [5, 5.41) is 21.0. The molecule has 2 rings (SSSR count). The Hall–Kier alpha value is -1.51. The molecule has 6 nitrogen and oxygen atoms in total. The fourth-order valence-electron chi connectivity index (χ4n) is 1.22. The van der Waals surface area contributed by atoms with Crippen molar-refractivity contribution in [3.05, 3.63) is 39.6 Å². The van der Waals surface area contributed by atoms with Gasteiger partial charge in [0.05, 0.1) is 11.0 Å². The number of aliphatic hydroxyl groups excluding tert-OH is 1. The topological polar surface area (TPSA) is 89.2 Å². The number of hydrogen-bond acceptors (Lipinski definition) is 7. The van der Waals surface area contributed by atoms with E-state index in [1.165, 1.54) is 35.5 Å². The molecule has 8 heteroatoms. The minimum absolute atomic E-state index is 0.000452. The lowest BCUT2D eigenvalue weighted by Gasteiger charge is -1.97. The quantitative estimate of drug-likeness (QED) is 0.527. The van der Waals surface area contributed by atoms with Crippen LogP contribution in [0.4, 0.5) is 5.69 Å². The standard InChI is InChI=1S/C10H9N3O3S2/c1-6(14)8-4-7(13(15)16)10(17-8)18-9-2-3-11-5-12-9/h2-6,14H,1H3. The van der Waals surface area contributed by atoms with E-state index in [0.717, 1.165) is 0 Å². The van der Waals surface area contributed by atoms with Gasteiger partial charge in [-0.3, -0.25) is 10.1 Å². The van der Waals surface area contributed by atoms with Crippen LogP contribution in [-0.4, -0.2) is 20.0 Å². The average Bonchev–Trinajstić information content (AvgIpc) is 2.74. The van der Waals surface area contributed by atoms with Gasteiger partial charge in [0, 0.05) is 17.1 Å². The Balaban J connectivity index is 2.34. The zero-order chi connectivity index (χ0) is 13.1. The number of hydrogen-bond donors (Lipinski definition) is 1. The molecule has 2 heterocycles. The molecular weight excluding hydrogens is 274 g/mol. The number of nitro groups is 1. The summed E-state index contributed by atoms with van der Waals surface area (Å²) in [6, 6.07) is 3.08. The third-order valence-corrected chi connectivity index (χ3v) is 4.49. The second kappa shape index (κ2) is 5.42. The highest BCUT2D eigenvalue weighted by Gasteiger charge is 2.22. The molecule has 0 radical (unpaired) electrons. The third kappa shape index (κ3) is 2.84. The molecule has 18 heavy (non-hydrogen) atoms. The van der Waals surface area contributed by atoms with Crippen LogP contribution in [-0.2, 0) is 0 Å². The Morgan fingerprint density at radius 2 is 2.39 bits per heavy atom. The highest BCUT2D eigenvalue weighted by atomic mass is 32.2. The van der Waals surface area contributed by atoms with E-state index < -0.39 is 11.0 Å². The summed E-state index contributed by atoms with van der Waals surface area (Å²) >= 11 is 2.40. The fraction of sp³-hybridized carbons (Fsp3) is 0.200. The van der Waals surface area contributed by atoms with Gasteiger partial charge in [-0.2, -0.15) is 0 Å². The monoisotopic (exact) mass is 283 g/mol. The summed E-state index contributed by atoms with van der Waals surface area (Å²) in [5.41, 5.74) is -0.000452. The van der Waals surface area contributed by atoms with Crippen LogP contribution in [0.25, 0.3) is 0 Å². The Bertz CT molecular complexity index is 557. The highest BCUT2D eigenvalue weighted by molar-refractivity contribution is 8.01. The van der Waals surface area contributed by atoms with E-state index in [9.17, 15) is 15.2 Å². The van der Waals surface area contributed by atoms with Crippen LogP contribution in [0.3, 0.4) is 0 Å². The molecule has 94 valence electrons. The smallest absolute Gasteiger partial charge is 0.294 e. The van der Waals surface area contributed by atoms with Gasteiger partial charge in [0.25, 0.3) is 5.69 Å². The molecule has 0 aliphatic rings. The first kappa shape index (κ1) is 12.9. The molecule has 0 aliphatic carbocycles. The molecule has 1 atom stereocenters. The van der Waals surface area contributed by atoms with Gasteiger partial charge in [-0.25, -0.2) is 9.97 Å². The Morgan fingerprint density at radius 3 is 2.94 bits per heavy atom. The van der Waals surface area contributed by atoms with Crippen molar-refractivity contribution in [3.8, 4) is 0 Å². The van der Waals surface area contributed by atoms with Gasteiger partial charge >= 0.3 is 0 Å². The maximum atomic E-state index is 10.9. The van der Waals surface area contributed by atoms with Crippen molar-refractivity contribution in [2.75, 3.05) is 0 Å². The average molecular weight is 283 g/mol. The minimum atomic E-state index is -0.714. The van der Waals surface area contributed by atoms with Crippen LogP contribution >= 0.6 is 23.1 Å². The van der Waals surface area contributed by atoms with E-state index in [2.05, 4.69) is 9.97 Å². The molecule has 0 saturated heterocycles. The lowest BCUT2D eigenvalue weighted by atomic mass is 10.3. The number of nitrogens with zero attached hydrogens (tertiary/aromatic N) is 3. The first-order valence-electron chi connectivity index (χ1n) is 4.98. The lowest BCUT2D eigenvalue weighted by Crippen LogP contribution is -1.88. The predicted octanol–water partition coefficient (Wildman–Crippen LogP) is 2.65. The molecule has 1 N–H and O–H groups in total. The van der Waals surface area contributed by atoms with E-state index in [0.29, 0.717) is 14.1 Å². The van der Waals surface area contributed by atoms with E-state index in [4.69, 9.17) is 0 Å². The molecule has 1 unspecified atom stereocenters. The van der Waals surface area contributed by atoms with Crippen molar-refractivity contribution in [1.29, 1.82) is 0 Å². The number of rotatable bonds is 4. The van der Waals surface area contributed by atoms with E-state index in [1.54, 1.807) is 19.2 Å². The SMILES string of the molecule is CC(O)c1cc([N+](=O)[O-])c(Sc2ccncn2)s1. The molecule has 0 fully saturated rings. The zero-order valence-corrected chi connectivity index (χ0v) is 10.9. The highest BCUT2D eigenvalue weighted by Crippen LogP contribution is 2.42. The van der Waals surface area contributed by atoms with E-state index >= 15 is 0 Å². The second-order valence-corrected chi connectivity index (χ2v) is 5.78. The zero-order valence-electron chi connectivity index (χ0n) is 9.31. The molecule has 0 bridgehead atoms. The summed E-state index contributed by atoms with van der Waals surface area (Å²) in [5.74, 6) is 0. The number of thiophene rings is 1. The lowest BCUT2D eigenvalue weighted by molar-refractivity contribution is -0.387. The van der Waals surface area contributed by atoms with Crippen LogP contribution in [0.1, 0.15) is 17.9 Å². The van der Waals surface area contributed by atoms with Crippen molar-refractivity contribution in [3.63, 3.8) is 0 Å². The van der Waals surface area contributed by atoms with E-state index in [-0.39, 0.29) is 5.69 Å². The van der Waals surface area contributed by atoms with Crippen molar-refractivity contribution in [1.82, 2.24) is 9.97 Å². The van der Waals surface area contributed by atoms with Crippen LogP contribution in [0.15, 0.2) is 33.9 Å². The van der Waals surface area contributed by atoms with Crippen LogP contribution in [0.2, 0.25) is 0 Å². The van der Waals surface area contributed by atoms with Gasteiger partial charge in [0.1, 0.15) is 15.6 Å². The molecule has 0 aromatic carbocycles. The molecular formula is C10H9N3O3S2. The van der Waals surface area contributed by atoms with Crippen LogP contribution in [0.5, 0.6) is 0 Å². The van der Waals surface area contributed by atoms with Crippen LogP contribution < -0.4 is 0 Å². The van der Waals surface area contributed by atoms with Crippen molar-refractivity contribution < 1.29 is 10.0 Å². The van der Waals surface area contributed by atoms with Crippen LogP contribution in [0, 0.1) is 10.1 Å². The van der Waals surface area contributed by atoms with Gasteiger partial charge < -0.3 is 5.11 Å². The maximum absolute atomic E-state index is 10.9. The molecule has 2 aromatic rings. The second-order valence-electron chi connectivity index (χ2n) is 3.40. The summed E-state index contributed by atoms with van der Waals surface area (Å²) in [6.07, 6.45) is 2.25.